The van der Waals surface area contributed by atoms with E-state index in [4.69, 9.17) is 5.26 Å². The maximum absolute atomic E-state index is 11.3. The highest BCUT2D eigenvalue weighted by Crippen LogP contribution is 2.22. The van der Waals surface area contributed by atoms with E-state index >= 15 is 0 Å². The number of hydrogen-bond acceptors (Lipinski definition) is 3. The van der Waals surface area contributed by atoms with Crippen LogP contribution in [0.2, 0.25) is 0 Å². The minimum absolute atomic E-state index is 0.138. The molecule has 2 aromatic rings. The van der Waals surface area contributed by atoms with E-state index < -0.39 is 0 Å². The molecule has 0 saturated heterocycles. The van der Waals surface area contributed by atoms with Gasteiger partial charge in [-0.05, 0) is 30.7 Å². The van der Waals surface area contributed by atoms with Crippen LogP contribution >= 0.6 is 0 Å². The zero-order valence-electron chi connectivity index (χ0n) is 10.6. The van der Waals surface area contributed by atoms with Gasteiger partial charge in [-0.2, -0.15) is 5.26 Å². The lowest BCUT2D eigenvalue weighted by Gasteiger charge is -2.06. The molecule has 1 N–H and O–H groups in total. The summed E-state index contributed by atoms with van der Waals surface area (Å²) < 4.78 is 0. The number of pyridine rings is 1. The van der Waals surface area contributed by atoms with Gasteiger partial charge < -0.3 is 5.32 Å². The Morgan fingerprint density at radius 1 is 1.32 bits per heavy atom. The summed E-state index contributed by atoms with van der Waals surface area (Å²) in [5, 5.41) is 11.1. The van der Waals surface area contributed by atoms with Crippen LogP contribution in [0.1, 0.15) is 12.0 Å². The SMILES string of the molecule is Cc1cccnc1-c1ccc(NC(=O)CC#N)cc1. The number of benzene rings is 1. The lowest BCUT2D eigenvalue weighted by atomic mass is 10.1. The van der Waals surface area contributed by atoms with Crippen molar-refractivity contribution in [1.29, 1.82) is 5.26 Å². The van der Waals surface area contributed by atoms with Crippen LogP contribution in [-0.2, 0) is 4.79 Å². The molecule has 0 unspecified atom stereocenters. The fourth-order valence-electron chi connectivity index (χ4n) is 1.78. The van der Waals surface area contributed by atoms with Gasteiger partial charge in [0, 0.05) is 17.4 Å². The van der Waals surface area contributed by atoms with E-state index in [1.54, 1.807) is 18.3 Å². The molecule has 0 fully saturated rings. The number of nitrogens with one attached hydrogen (secondary N) is 1. The maximum Gasteiger partial charge on any atom is 0.238 e. The van der Waals surface area contributed by atoms with Crippen molar-refractivity contribution in [2.24, 2.45) is 0 Å². The molecular formula is C15H13N3O. The molecule has 94 valence electrons. The topological polar surface area (TPSA) is 65.8 Å². The molecule has 0 aliphatic heterocycles. The number of rotatable bonds is 3. The first-order valence-electron chi connectivity index (χ1n) is 5.89. The number of aromatic nitrogens is 1. The molecule has 4 nitrogen and oxygen atoms in total. The normalized spacial score (nSPS) is 9.68. The zero-order valence-corrected chi connectivity index (χ0v) is 10.6. The van der Waals surface area contributed by atoms with E-state index in [2.05, 4.69) is 10.3 Å². The van der Waals surface area contributed by atoms with E-state index in [1.807, 2.05) is 37.3 Å². The van der Waals surface area contributed by atoms with Gasteiger partial charge >= 0.3 is 0 Å². The van der Waals surface area contributed by atoms with Gasteiger partial charge in [0.2, 0.25) is 5.91 Å². The Balaban J connectivity index is 2.18. The highest BCUT2D eigenvalue weighted by Gasteiger charge is 2.04. The van der Waals surface area contributed by atoms with Gasteiger partial charge in [0.25, 0.3) is 0 Å². The van der Waals surface area contributed by atoms with Gasteiger partial charge in [-0.3, -0.25) is 9.78 Å². The Kier molecular flexibility index (Phi) is 3.89. The molecular weight excluding hydrogens is 238 g/mol. The second kappa shape index (κ2) is 5.78. The predicted molar refractivity (Wildman–Crippen MR) is 73.3 cm³/mol. The summed E-state index contributed by atoms with van der Waals surface area (Å²) in [7, 11) is 0. The quantitative estimate of drug-likeness (QED) is 0.912. The predicted octanol–water partition coefficient (Wildman–Crippen LogP) is 2.91. The number of anilines is 1. The molecule has 0 aliphatic carbocycles. The first-order valence-corrected chi connectivity index (χ1v) is 5.89. The molecule has 2 rings (SSSR count). The molecule has 1 amide bonds. The summed E-state index contributed by atoms with van der Waals surface area (Å²) in [4.78, 5) is 15.6. The summed E-state index contributed by atoms with van der Waals surface area (Å²) >= 11 is 0. The Labute approximate surface area is 111 Å². The van der Waals surface area contributed by atoms with E-state index in [9.17, 15) is 4.79 Å². The van der Waals surface area contributed by atoms with Crippen molar-refractivity contribution in [2.75, 3.05) is 5.32 Å². The summed E-state index contributed by atoms with van der Waals surface area (Å²) in [6, 6.07) is 13.1. The minimum atomic E-state index is -0.302. The van der Waals surface area contributed by atoms with E-state index in [-0.39, 0.29) is 12.3 Å². The number of amides is 1. The second-order valence-corrected chi connectivity index (χ2v) is 4.13. The molecule has 0 radical (unpaired) electrons. The van der Waals surface area contributed by atoms with Crippen molar-refractivity contribution in [3.05, 3.63) is 48.2 Å². The van der Waals surface area contributed by atoms with Gasteiger partial charge in [0.15, 0.2) is 0 Å². The van der Waals surface area contributed by atoms with Crippen molar-refractivity contribution in [3.8, 4) is 17.3 Å². The number of carbonyl (C=O) groups excluding carboxylic acids is 1. The second-order valence-electron chi connectivity index (χ2n) is 4.13. The molecule has 0 spiro atoms. The molecule has 1 heterocycles. The van der Waals surface area contributed by atoms with Gasteiger partial charge in [-0.15, -0.1) is 0 Å². The van der Waals surface area contributed by atoms with Crippen LogP contribution in [0.25, 0.3) is 11.3 Å². The van der Waals surface area contributed by atoms with Crippen LogP contribution in [0.3, 0.4) is 0 Å². The minimum Gasteiger partial charge on any atom is -0.325 e. The van der Waals surface area contributed by atoms with Crippen LogP contribution in [0.5, 0.6) is 0 Å². The van der Waals surface area contributed by atoms with E-state index in [1.165, 1.54) is 0 Å². The third-order valence-corrected chi connectivity index (χ3v) is 2.69. The van der Waals surface area contributed by atoms with Gasteiger partial charge in [-0.25, -0.2) is 0 Å². The lowest BCUT2D eigenvalue weighted by Crippen LogP contribution is -2.09. The zero-order chi connectivity index (χ0) is 13.7. The third kappa shape index (κ3) is 3.17. The Bertz CT molecular complexity index is 627. The van der Waals surface area contributed by atoms with Crippen LogP contribution in [0, 0.1) is 18.3 Å². The average molecular weight is 251 g/mol. The van der Waals surface area contributed by atoms with Crippen LogP contribution in [0.15, 0.2) is 42.6 Å². The Morgan fingerprint density at radius 2 is 2.05 bits per heavy atom. The van der Waals surface area contributed by atoms with Crippen molar-refractivity contribution in [3.63, 3.8) is 0 Å². The number of nitriles is 1. The molecule has 0 aliphatic rings. The standard InChI is InChI=1S/C15H13N3O/c1-11-3-2-10-17-15(11)12-4-6-13(7-5-12)18-14(19)8-9-16/h2-7,10H,8H2,1H3,(H,18,19). The van der Waals surface area contributed by atoms with Gasteiger partial charge in [-0.1, -0.05) is 18.2 Å². The third-order valence-electron chi connectivity index (χ3n) is 2.69. The van der Waals surface area contributed by atoms with E-state index in [0.717, 1.165) is 16.8 Å². The maximum atomic E-state index is 11.3. The van der Waals surface area contributed by atoms with Crippen molar-refractivity contribution in [2.45, 2.75) is 13.3 Å². The largest absolute Gasteiger partial charge is 0.325 e. The summed E-state index contributed by atoms with van der Waals surface area (Å²) in [6.07, 6.45) is 1.62. The fourth-order valence-corrected chi connectivity index (χ4v) is 1.78. The molecule has 0 bridgehead atoms. The molecule has 4 heteroatoms. The number of nitrogens with zero attached hydrogens (tertiary/aromatic N) is 2. The first-order chi connectivity index (χ1) is 9.20. The lowest BCUT2D eigenvalue weighted by molar-refractivity contribution is -0.115. The van der Waals surface area contributed by atoms with Crippen molar-refractivity contribution < 1.29 is 4.79 Å². The van der Waals surface area contributed by atoms with Crippen LogP contribution in [0.4, 0.5) is 5.69 Å². The van der Waals surface area contributed by atoms with Gasteiger partial charge in [0.1, 0.15) is 6.42 Å². The Hall–Kier alpha value is -2.67. The van der Waals surface area contributed by atoms with Gasteiger partial charge in [0.05, 0.1) is 11.8 Å². The smallest absolute Gasteiger partial charge is 0.238 e. The molecule has 19 heavy (non-hydrogen) atoms. The first kappa shape index (κ1) is 12.8. The highest BCUT2D eigenvalue weighted by atomic mass is 16.1. The summed E-state index contributed by atoms with van der Waals surface area (Å²) in [6.45, 7) is 2.00. The number of hydrogen-bond donors (Lipinski definition) is 1. The van der Waals surface area contributed by atoms with Crippen molar-refractivity contribution in [1.82, 2.24) is 4.98 Å². The molecule has 0 atom stereocenters. The summed E-state index contributed by atoms with van der Waals surface area (Å²) in [5.41, 5.74) is 3.70. The van der Waals surface area contributed by atoms with E-state index in [0.29, 0.717) is 5.69 Å². The van der Waals surface area contributed by atoms with Crippen molar-refractivity contribution >= 4 is 11.6 Å². The number of aryl methyl sites for hydroxylation is 1. The van der Waals surface area contributed by atoms with Crippen LogP contribution in [-0.4, -0.2) is 10.9 Å². The number of carbonyl (C=O) groups is 1. The molecule has 1 aromatic carbocycles. The van der Waals surface area contributed by atoms with Crippen LogP contribution < -0.4 is 5.32 Å². The highest BCUT2D eigenvalue weighted by molar-refractivity contribution is 5.92. The molecule has 1 aromatic heterocycles. The average Bonchev–Trinajstić information content (AvgIpc) is 2.41. The monoisotopic (exact) mass is 251 g/mol. The fraction of sp³-hybridized carbons (Fsp3) is 0.133. The summed E-state index contributed by atoms with van der Waals surface area (Å²) in [5.74, 6) is -0.302. The molecule has 0 saturated carbocycles. The Morgan fingerprint density at radius 3 is 2.68 bits per heavy atom.